The highest BCUT2D eigenvalue weighted by molar-refractivity contribution is 7.84. The van der Waals surface area contributed by atoms with Gasteiger partial charge < -0.3 is 5.73 Å². The van der Waals surface area contributed by atoms with Crippen LogP contribution in [0.2, 0.25) is 0 Å². The van der Waals surface area contributed by atoms with Gasteiger partial charge in [0.1, 0.15) is 0 Å². The maximum absolute atomic E-state index is 12.6. The summed E-state index contributed by atoms with van der Waals surface area (Å²) in [5, 5.41) is 7.15. The first-order valence-corrected chi connectivity index (χ1v) is 9.57. The Balaban J connectivity index is 1.69. The van der Waals surface area contributed by atoms with Gasteiger partial charge in [0.15, 0.2) is 12.1 Å². The van der Waals surface area contributed by atoms with E-state index in [-0.39, 0.29) is 18.5 Å². The SMILES string of the molecule is N[C@@H](Cc1cccc(CS(=O)c2nc(-c3ccccc3)n[nH]2)c1)C(=O)C=O. The Hall–Kier alpha value is -2.97. The monoisotopic (exact) mass is 382 g/mol. The van der Waals surface area contributed by atoms with Crippen LogP contribution in [0.3, 0.4) is 0 Å². The van der Waals surface area contributed by atoms with Gasteiger partial charge in [-0.2, -0.15) is 10.1 Å². The van der Waals surface area contributed by atoms with Crippen LogP contribution in [0.15, 0.2) is 59.8 Å². The lowest BCUT2D eigenvalue weighted by Gasteiger charge is -2.08. The first kappa shape index (κ1) is 18.8. The first-order chi connectivity index (χ1) is 13.1. The third-order valence-electron chi connectivity index (χ3n) is 3.94. The molecule has 2 atom stereocenters. The predicted molar refractivity (Wildman–Crippen MR) is 101 cm³/mol. The van der Waals surface area contributed by atoms with Crippen molar-refractivity contribution in [1.82, 2.24) is 15.2 Å². The van der Waals surface area contributed by atoms with Crippen molar-refractivity contribution < 1.29 is 13.8 Å². The third kappa shape index (κ3) is 4.81. The van der Waals surface area contributed by atoms with Crippen LogP contribution in [0.25, 0.3) is 11.4 Å². The number of Topliss-reactive ketones (excluding diaryl/α,β-unsaturated/α-hetero) is 1. The van der Waals surface area contributed by atoms with Crippen molar-refractivity contribution >= 4 is 22.9 Å². The van der Waals surface area contributed by atoms with Gasteiger partial charge in [-0.05, 0) is 17.5 Å². The molecule has 3 rings (SSSR count). The number of nitrogens with one attached hydrogen (secondary N) is 1. The van der Waals surface area contributed by atoms with E-state index in [9.17, 15) is 13.8 Å². The molecule has 0 radical (unpaired) electrons. The third-order valence-corrected chi connectivity index (χ3v) is 5.15. The van der Waals surface area contributed by atoms with E-state index in [1.807, 2.05) is 48.5 Å². The number of carbonyl (C=O) groups is 2. The molecule has 3 aromatic rings. The van der Waals surface area contributed by atoms with Crippen LogP contribution in [0, 0.1) is 0 Å². The molecule has 0 saturated heterocycles. The van der Waals surface area contributed by atoms with Crippen molar-refractivity contribution in [2.24, 2.45) is 5.73 Å². The van der Waals surface area contributed by atoms with Gasteiger partial charge in [0.25, 0.3) is 0 Å². The normalized spacial score (nSPS) is 13.1. The van der Waals surface area contributed by atoms with Crippen LogP contribution < -0.4 is 5.73 Å². The van der Waals surface area contributed by atoms with Gasteiger partial charge in [0.05, 0.1) is 22.6 Å². The van der Waals surface area contributed by atoms with Gasteiger partial charge in [-0.3, -0.25) is 18.9 Å². The first-order valence-electron chi connectivity index (χ1n) is 8.25. The summed E-state index contributed by atoms with van der Waals surface area (Å²) in [6, 6.07) is 15.8. The van der Waals surface area contributed by atoms with Gasteiger partial charge in [0, 0.05) is 5.56 Å². The molecule has 8 heteroatoms. The van der Waals surface area contributed by atoms with E-state index in [1.54, 1.807) is 6.07 Å². The summed E-state index contributed by atoms with van der Waals surface area (Å²) < 4.78 is 12.6. The zero-order valence-corrected chi connectivity index (χ0v) is 15.2. The predicted octanol–water partition coefficient (Wildman–Crippen LogP) is 1.42. The Morgan fingerprint density at radius 3 is 2.63 bits per heavy atom. The van der Waals surface area contributed by atoms with Crippen LogP contribution in [0.1, 0.15) is 11.1 Å². The van der Waals surface area contributed by atoms with Gasteiger partial charge >= 0.3 is 0 Å². The molecule has 1 aromatic heterocycles. The Bertz CT molecular complexity index is 972. The summed E-state index contributed by atoms with van der Waals surface area (Å²) in [7, 11) is -1.40. The zero-order chi connectivity index (χ0) is 19.2. The zero-order valence-electron chi connectivity index (χ0n) is 14.4. The molecule has 0 fully saturated rings. The summed E-state index contributed by atoms with van der Waals surface area (Å²) in [6.45, 7) is 0. The molecule has 0 aliphatic carbocycles. The lowest BCUT2D eigenvalue weighted by atomic mass is 10.0. The maximum atomic E-state index is 12.6. The van der Waals surface area contributed by atoms with Crippen molar-refractivity contribution in [2.45, 2.75) is 23.4 Å². The van der Waals surface area contributed by atoms with Gasteiger partial charge in [-0.15, -0.1) is 0 Å². The fourth-order valence-corrected chi connectivity index (χ4v) is 3.53. The summed E-state index contributed by atoms with van der Waals surface area (Å²) in [5.74, 6) is 0.0961. The van der Waals surface area contributed by atoms with Crippen LogP contribution >= 0.6 is 0 Å². The Morgan fingerprint density at radius 1 is 1.15 bits per heavy atom. The number of H-pyrrole nitrogens is 1. The fraction of sp³-hybridized carbons (Fsp3) is 0.158. The maximum Gasteiger partial charge on any atom is 0.215 e. The van der Waals surface area contributed by atoms with Crippen molar-refractivity contribution in [3.05, 3.63) is 65.7 Å². The molecule has 7 nitrogen and oxygen atoms in total. The van der Waals surface area contributed by atoms with Crippen LogP contribution in [0.5, 0.6) is 0 Å². The largest absolute Gasteiger partial charge is 0.321 e. The fourth-order valence-electron chi connectivity index (χ4n) is 2.57. The average Bonchev–Trinajstić information content (AvgIpc) is 3.18. The molecule has 0 bridgehead atoms. The highest BCUT2D eigenvalue weighted by Gasteiger charge is 2.15. The number of hydrogen-bond acceptors (Lipinski definition) is 6. The molecule has 1 heterocycles. The smallest absolute Gasteiger partial charge is 0.215 e. The molecule has 0 amide bonds. The van der Waals surface area contributed by atoms with Gasteiger partial charge in [-0.25, -0.2) is 0 Å². The standard InChI is InChI=1S/C19H18N4O3S/c20-16(17(25)11-24)10-13-5-4-6-14(9-13)12-27(26)19-21-18(22-23-19)15-7-2-1-3-8-15/h1-9,11,16H,10,12,20H2,(H,21,22,23)/t16-,27?/m0/s1. The number of carbonyl (C=O) groups excluding carboxylic acids is 2. The summed E-state index contributed by atoms with van der Waals surface area (Å²) >= 11 is 0. The number of nitrogens with zero attached hydrogens (tertiary/aromatic N) is 2. The molecular formula is C19H18N4O3S. The Labute approximate surface area is 158 Å². The van der Waals surface area contributed by atoms with E-state index in [0.717, 1.165) is 16.7 Å². The second-order valence-electron chi connectivity index (χ2n) is 5.97. The summed E-state index contributed by atoms with van der Waals surface area (Å²) in [5.41, 5.74) is 8.15. The van der Waals surface area contributed by atoms with Crippen molar-refractivity contribution in [3.8, 4) is 11.4 Å². The van der Waals surface area contributed by atoms with E-state index in [0.29, 0.717) is 11.0 Å². The minimum atomic E-state index is -1.40. The van der Waals surface area contributed by atoms with Crippen molar-refractivity contribution in [1.29, 1.82) is 0 Å². The Morgan fingerprint density at radius 2 is 1.89 bits per heavy atom. The van der Waals surface area contributed by atoms with Crippen LogP contribution in [0.4, 0.5) is 0 Å². The minimum Gasteiger partial charge on any atom is -0.321 e. The van der Waals surface area contributed by atoms with Crippen molar-refractivity contribution in [2.75, 3.05) is 0 Å². The van der Waals surface area contributed by atoms with Crippen molar-refractivity contribution in [3.63, 3.8) is 0 Å². The second-order valence-corrected chi connectivity index (χ2v) is 7.34. The Kier molecular flexibility index (Phi) is 6.00. The van der Waals surface area contributed by atoms with Gasteiger partial charge in [0.2, 0.25) is 10.9 Å². The average molecular weight is 382 g/mol. The second kappa shape index (κ2) is 8.61. The van der Waals surface area contributed by atoms with Crippen LogP contribution in [-0.4, -0.2) is 37.5 Å². The molecule has 0 aliphatic heterocycles. The number of hydrogen-bond donors (Lipinski definition) is 2. The number of ketones is 1. The topological polar surface area (TPSA) is 119 Å². The van der Waals surface area contributed by atoms with Crippen LogP contribution in [-0.2, 0) is 32.6 Å². The van der Waals surface area contributed by atoms with E-state index in [1.165, 1.54) is 0 Å². The van der Waals surface area contributed by atoms with E-state index in [2.05, 4.69) is 15.2 Å². The molecule has 2 aromatic carbocycles. The molecule has 0 spiro atoms. The molecule has 3 N–H and O–H groups in total. The number of aromatic amines is 1. The summed E-state index contributed by atoms with van der Waals surface area (Å²) in [6.07, 6.45) is 0.482. The van der Waals surface area contributed by atoms with E-state index >= 15 is 0 Å². The highest BCUT2D eigenvalue weighted by atomic mass is 32.2. The number of nitrogens with two attached hydrogens (primary N) is 1. The molecule has 0 saturated carbocycles. The number of aldehydes is 1. The van der Waals surface area contributed by atoms with E-state index in [4.69, 9.17) is 5.73 Å². The van der Waals surface area contributed by atoms with Gasteiger partial charge in [-0.1, -0.05) is 54.6 Å². The quantitative estimate of drug-likeness (QED) is 0.449. The summed E-state index contributed by atoms with van der Waals surface area (Å²) in [4.78, 5) is 26.2. The molecular weight excluding hydrogens is 364 g/mol. The molecule has 27 heavy (non-hydrogen) atoms. The molecule has 1 unspecified atom stereocenters. The molecule has 0 aliphatic rings. The number of aromatic nitrogens is 3. The lowest BCUT2D eigenvalue weighted by molar-refractivity contribution is -0.130. The number of rotatable bonds is 8. The molecule has 138 valence electrons. The number of benzene rings is 2. The highest BCUT2D eigenvalue weighted by Crippen LogP contribution is 2.17. The minimum absolute atomic E-state index is 0.234. The lowest BCUT2D eigenvalue weighted by Crippen LogP contribution is -2.33. The van der Waals surface area contributed by atoms with E-state index < -0.39 is 22.6 Å².